The summed E-state index contributed by atoms with van der Waals surface area (Å²) in [5, 5.41) is 8.92. The highest BCUT2D eigenvalue weighted by molar-refractivity contribution is 7.14. The molecule has 0 amide bonds. The number of nitrogens with zero attached hydrogens (tertiary/aromatic N) is 3. The van der Waals surface area contributed by atoms with Gasteiger partial charge in [-0.1, -0.05) is 36.4 Å². The Balaban J connectivity index is 1.75. The van der Waals surface area contributed by atoms with Crippen LogP contribution in [0.5, 0.6) is 17.2 Å². The van der Waals surface area contributed by atoms with Crippen molar-refractivity contribution in [3.63, 3.8) is 0 Å². The van der Waals surface area contributed by atoms with Crippen molar-refractivity contribution in [1.82, 2.24) is 4.68 Å². The summed E-state index contributed by atoms with van der Waals surface area (Å²) in [5.74, 6) is 1.71. The third-order valence-corrected chi connectivity index (χ3v) is 6.45. The average molecular weight is 466 g/mol. The number of benzene rings is 2. The first-order valence-corrected chi connectivity index (χ1v) is 11.6. The van der Waals surface area contributed by atoms with Gasteiger partial charge < -0.3 is 14.2 Å². The molecule has 0 bridgehead atoms. The molecule has 0 radical (unpaired) electrons. The summed E-state index contributed by atoms with van der Waals surface area (Å²) in [7, 11) is 4.78. The number of thiophene rings is 1. The van der Waals surface area contributed by atoms with E-state index in [0.29, 0.717) is 23.8 Å². The number of ether oxygens (including phenoxy) is 3. The Kier molecular flexibility index (Phi) is 7.03. The van der Waals surface area contributed by atoms with Gasteiger partial charge in [-0.05, 0) is 29.1 Å². The van der Waals surface area contributed by atoms with Crippen LogP contribution in [-0.4, -0.2) is 32.2 Å². The Morgan fingerprint density at radius 2 is 1.66 bits per heavy atom. The quantitative estimate of drug-likeness (QED) is 0.332. The van der Waals surface area contributed by atoms with Gasteiger partial charge in [0.05, 0.1) is 44.7 Å². The Morgan fingerprint density at radius 3 is 2.28 bits per heavy atom. The molecule has 0 atom stereocenters. The monoisotopic (exact) mass is 465 g/mol. The molecule has 2 aromatic carbocycles. The van der Waals surface area contributed by atoms with Crippen molar-refractivity contribution in [2.24, 2.45) is 10.1 Å². The van der Waals surface area contributed by atoms with E-state index in [9.17, 15) is 0 Å². The zero-order valence-corrected chi connectivity index (χ0v) is 19.7. The van der Waals surface area contributed by atoms with Gasteiger partial charge in [-0.3, -0.25) is 4.99 Å². The highest BCUT2D eigenvalue weighted by Crippen LogP contribution is 2.37. The molecule has 0 N–H and O–H groups in total. The van der Waals surface area contributed by atoms with E-state index in [0.717, 1.165) is 26.5 Å². The van der Waals surface area contributed by atoms with Crippen LogP contribution >= 0.6 is 22.7 Å². The Hall–Kier alpha value is -3.36. The van der Waals surface area contributed by atoms with E-state index in [1.165, 1.54) is 0 Å². The van der Waals surface area contributed by atoms with Crippen molar-refractivity contribution in [2.75, 3.05) is 21.3 Å². The van der Waals surface area contributed by atoms with E-state index in [1.54, 1.807) is 50.2 Å². The first-order valence-electron chi connectivity index (χ1n) is 9.86. The lowest BCUT2D eigenvalue weighted by Gasteiger charge is -2.12. The minimum atomic E-state index is 0.549. The lowest BCUT2D eigenvalue weighted by atomic mass is 10.2. The molecular weight excluding hydrogens is 442 g/mol. The summed E-state index contributed by atoms with van der Waals surface area (Å²) < 4.78 is 18.2. The maximum Gasteiger partial charge on any atom is 0.206 e. The molecule has 0 aliphatic carbocycles. The SMILES string of the molecule is COc1cc(C=Nn2c(-c3cccs3)csc2=NCc2ccccc2)cc(OC)c1OC. The lowest BCUT2D eigenvalue weighted by Crippen LogP contribution is -2.12. The van der Waals surface area contributed by atoms with E-state index < -0.39 is 0 Å². The van der Waals surface area contributed by atoms with E-state index in [4.69, 9.17) is 24.3 Å². The second kappa shape index (κ2) is 10.3. The normalized spacial score (nSPS) is 11.8. The minimum absolute atomic E-state index is 0.549. The van der Waals surface area contributed by atoms with Gasteiger partial charge in [-0.15, -0.1) is 22.7 Å². The zero-order chi connectivity index (χ0) is 22.3. The van der Waals surface area contributed by atoms with E-state index in [-0.39, 0.29) is 0 Å². The molecule has 4 rings (SSSR count). The lowest BCUT2D eigenvalue weighted by molar-refractivity contribution is 0.324. The molecule has 0 aliphatic rings. The van der Waals surface area contributed by atoms with Crippen molar-refractivity contribution < 1.29 is 14.2 Å². The smallest absolute Gasteiger partial charge is 0.206 e. The third kappa shape index (κ3) is 4.76. The molecule has 0 saturated carbocycles. The number of hydrogen-bond donors (Lipinski definition) is 0. The van der Waals surface area contributed by atoms with Gasteiger partial charge in [-0.25, -0.2) is 4.68 Å². The van der Waals surface area contributed by atoms with Crippen LogP contribution in [0.25, 0.3) is 10.6 Å². The maximum atomic E-state index is 5.46. The molecule has 2 aromatic heterocycles. The summed E-state index contributed by atoms with van der Waals surface area (Å²) in [6.07, 6.45) is 1.77. The molecule has 0 spiro atoms. The molecule has 0 fully saturated rings. The number of hydrogen-bond acceptors (Lipinski definition) is 7. The Labute approximate surface area is 194 Å². The van der Waals surface area contributed by atoms with Crippen LogP contribution in [0.15, 0.2) is 75.5 Å². The van der Waals surface area contributed by atoms with Crippen LogP contribution in [0.3, 0.4) is 0 Å². The molecule has 6 nitrogen and oxygen atoms in total. The number of rotatable bonds is 8. The van der Waals surface area contributed by atoms with Crippen LogP contribution in [-0.2, 0) is 6.54 Å². The fraction of sp³-hybridized carbons (Fsp3) is 0.167. The fourth-order valence-electron chi connectivity index (χ4n) is 3.16. The van der Waals surface area contributed by atoms with Gasteiger partial charge in [0, 0.05) is 10.9 Å². The highest BCUT2D eigenvalue weighted by Gasteiger charge is 2.13. The second-order valence-electron chi connectivity index (χ2n) is 6.70. The predicted molar refractivity (Wildman–Crippen MR) is 130 cm³/mol. The van der Waals surface area contributed by atoms with Crippen LogP contribution in [0, 0.1) is 0 Å². The van der Waals surface area contributed by atoms with E-state index >= 15 is 0 Å². The molecule has 0 aliphatic heterocycles. The molecule has 8 heteroatoms. The van der Waals surface area contributed by atoms with Crippen LogP contribution in [0.4, 0.5) is 0 Å². The van der Waals surface area contributed by atoms with Crippen molar-refractivity contribution in [1.29, 1.82) is 0 Å². The molecule has 164 valence electrons. The van der Waals surface area contributed by atoms with Gasteiger partial charge in [0.2, 0.25) is 10.6 Å². The van der Waals surface area contributed by atoms with Crippen molar-refractivity contribution >= 4 is 28.9 Å². The number of aromatic nitrogens is 1. The molecule has 4 aromatic rings. The summed E-state index contributed by atoms with van der Waals surface area (Å²) in [6.45, 7) is 0.588. The van der Waals surface area contributed by atoms with Crippen LogP contribution in [0.1, 0.15) is 11.1 Å². The molecule has 32 heavy (non-hydrogen) atoms. The summed E-state index contributed by atoms with van der Waals surface area (Å²) in [6, 6.07) is 18.0. The summed E-state index contributed by atoms with van der Waals surface area (Å²) in [4.78, 5) is 6.77. The van der Waals surface area contributed by atoms with Crippen molar-refractivity contribution in [2.45, 2.75) is 6.54 Å². The van der Waals surface area contributed by atoms with E-state index in [2.05, 4.69) is 29.0 Å². The topological polar surface area (TPSA) is 57.3 Å². The fourth-order valence-corrected chi connectivity index (χ4v) is 4.79. The largest absolute Gasteiger partial charge is 0.493 e. The average Bonchev–Trinajstić information content (AvgIpc) is 3.51. The first-order chi connectivity index (χ1) is 15.7. The Morgan fingerprint density at radius 1 is 0.906 bits per heavy atom. The van der Waals surface area contributed by atoms with Crippen molar-refractivity contribution in [3.8, 4) is 27.8 Å². The van der Waals surface area contributed by atoms with Gasteiger partial charge >= 0.3 is 0 Å². The number of thiazole rings is 1. The van der Waals surface area contributed by atoms with Crippen LogP contribution < -0.4 is 19.0 Å². The summed E-state index contributed by atoms with van der Waals surface area (Å²) >= 11 is 3.24. The highest BCUT2D eigenvalue weighted by atomic mass is 32.1. The van der Waals surface area contributed by atoms with E-state index in [1.807, 2.05) is 41.1 Å². The van der Waals surface area contributed by atoms with Crippen LogP contribution in [0.2, 0.25) is 0 Å². The van der Waals surface area contributed by atoms with Crippen molar-refractivity contribution in [3.05, 3.63) is 81.3 Å². The third-order valence-electron chi connectivity index (χ3n) is 4.71. The molecule has 0 unspecified atom stereocenters. The standard InChI is InChI=1S/C24H23N3O3S2/c1-28-20-12-18(13-21(29-2)23(20)30-3)15-26-27-19(22-10-7-11-31-22)16-32-24(27)25-14-17-8-5-4-6-9-17/h4-13,15-16H,14H2,1-3H3. The summed E-state index contributed by atoms with van der Waals surface area (Å²) in [5.41, 5.74) is 2.98. The van der Waals surface area contributed by atoms with Gasteiger partial charge in [0.15, 0.2) is 11.5 Å². The zero-order valence-electron chi connectivity index (χ0n) is 18.0. The molecule has 0 saturated heterocycles. The second-order valence-corrected chi connectivity index (χ2v) is 8.48. The molecular formula is C24H23N3O3S2. The van der Waals surface area contributed by atoms with Gasteiger partial charge in [0.1, 0.15) is 0 Å². The maximum absolute atomic E-state index is 5.46. The predicted octanol–water partition coefficient (Wildman–Crippen LogP) is 5.29. The van der Waals surface area contributed by atoms with Gasteiger partial charge in [0.25, 0.3) is 0 Å². The van der Waals surface area contributed by atoms with Gasteiger partial charge in [-0.2, -0.15) is 5.10 Å². The molecule has 2 heterocycles. The Bertz CT molecular complexity index is 1230. The minimum Gasteiger partial charge on any atom is -0.493 e. The first kappa shape index (κ1) is 21.9. The number of methoxy groups -OCH3 is 3.